The molecular weight excluding hydrogens is 566 g/mol. The van der Waals surface area contributed by atoms with E-state index < -0.39 is 0 Å². The number of hydrogen-bond donors (Lipinski definition) is 2. The Morgan fingerprint density at radius 1 is 1.04 bits per heavy atom. The van der Waals surface area contributed by atoms with Crippen molar-refractivity contribution in [2.24, 2.45) is 11.8 Å². The summed E-state index contributed by atoms with van der Waals surface area (Å²) in [7, 11) is 2.07. The maximum absolute atomic E-state index is 13.6. The third-order valence-corrected chi connectivity index (χ3v) is 9.01. The highest BCUT2D eigenvalue weighted by Crippen LogP contribution is 2.31. The first kappa shape index (κ1) is 32.5. The average molecular weight is 614 g/mol. The number of aliphatic hydroxyl groups excluding tert-OH is 1. The SMILES string of the molecule is C[C@H](CO)N1C[C@H](C)[C@H](CN(C)Cc2ccc(Oc3ccccc3)cc2)Oc2ccc(NC(=O)C3CCCCC3)cc2CC1=O. The van der Waals surface area contributed by atoms with E-state index in [1.54, 1.807) is 4.90 Å². The van der Waals surface area contributed by atoms with Crippen molar-refractivity contribution < 1.29 is 24.2 Å². The van der Waals surface area contributed by atoms with Crippen LogP contribution in [-0.4, -0.2) is 65.6 Å². The normalized spacial score (nSPS) is 19.9. The highest BCUT2D eigenvalue weighted by Gasteiger charge is 2.31. The molecule has 8 heteroatoms. The number of likely N-dealkylation sites (N-methyl/N-ethyl adjacent to an activating group) is 1. The van der Waals surface area contributed by atoms with Gasteiger partial charge in [-0.3, -0.25) is 14.5 Å². The highest BCUT2D eigenvalue weighted by atomic mass is 16.5. The van der Waals surface area contributed by atoms with E-state index in [0.717, 1.165) is 48.3 Å². The lowest BCUT2D eigenvalue weighted by Crippen LogP contribution is -2.47. The number of fused-ring (bicyclic) bond motifs is 1. The van der Waals surface area contributed by atoms with Crippen molar-refractivity contribution in [3.8, 4) is 17.2 Å². The molecule has 5 rings (SSSR count). The van der Waals surface area contributed by atoms with Crippen molar-refractivity contribution in [2.45, 2.75) is 71.1 Å². The second-order valence-electron chi connectivity index (χ2n) is 12.8. The Kier molecular flexibility index (Phi) is 11.1. The fourth-order valence-corrected chi connectivity index (χ4v) is 6.31. The molecule has 0 unspecified atom stereocenters. The molecule has 3 atom stereocenters. The largest absolute Gasteiger partial charge is 0.488 e. The van der Waals surface area contributed by atoms with Gasteiger partial charge in [0.05, 0.1) is 19.1 Å². The van der Waals surface area contributed by atoms with Crippen LogP contribution in [0.15, 0.2) is 72.8 Å². The topological polar surface area (TPSA) is 91.3 Å². The lowest BCUT2D eigenvalue weighted by Gasteiger charge is -2.34. The summed E-state index contributed by atoms with van der Waals surface area (Å²) in [6.45, 7) is 5.69. The number of nitrogens with one attached hydrogen (secondary N) is 1. The number of para-hydroxylation sites is 1. The predicted octanol–water partition coefficient (Wildman–Crippen LogP) is 6.28. The van der Waals surface area contributed by atoms with E-state index in [1.807, 2.05) is 67.6 Å². The number of carbonyl (C=O) groups is 2. The molecule has 3 aromatic carbocycles. The van der Waals surface area contributed by atoms with Gasteiger partial charge in [0, 0.05) is 42.7 Å². The van der Waals surface area contributed by atoms with Gasteiger partial charge in [0.25, 0.3) is 0 Å². The van der Waals surface area contributed by atoms with Gasteiger partial charge < -0.3 is 24.8 Å². The maximum Gasteiger partial charge on any atom is 0.227 e. The minimum atomic E-state index is -0.314. The van der Waals surface area contributed by atoms with Gasteiger partial charge in [0.1, 0.15) is 23.4 Å². The number of anilines is 1. The minimum absolute atomic E-state index is 0.00341. The minimum Gasteiger partial charge on any atom is -0.488 e. The third-order valence-electron chi connectivity index (χ3n) is 9.01. The molecule has 2 amide bonds. The van der Waals surface area contributed by atoms with Crippen molar-refractivity contribution >= 4 is 17.5 Å². The second kappa shape index (κ2) is 15.4. The van der Waals surface area contributed by atoms with Gasteiger partial charge in [-0.25, -0.2) is 0 Å². The summed E-state index contributed by atoms with van der Waals surface area (Å²) in [6, 6.07) is 23.2. The van der Waals surface area contributed by atoms with Crippen LogP contribution < -0.4 is 14.8 Å². The van der Waals surface area contributed by atoms with E-state index in [4.69, 9.17) is 9.47 Å². The van der Waals surface area contributed by atoms with Crippen LogP contribution in [0.3, 0.4) is 0 Å². The lowest BCUT2D eigenvalue weighted by atomic mass is 9.88. The van der Waals surface area contributed by atoms with Gasteiger partial charge in [-0.05, 0) is 74.8 Å². The van der Waals surface area contributed by atoms with Crippen LogP contribution in [0, 0.1) is 11.8 Å². The van der Waals surface area contributed by atoms with Crippen LogP contribution in [0.5, 0.6) is 17.2 Å². The number of amides is 2. The summed E-state index contributed by atoms with van der Waals surface area (Å²) in [5.41, 5.74) is 2.58. The summed E-state index contributed by atoms with van der Waals surface area (Å²) < 4.78 is 12.6. The molecule has 1 aliphatic carbocycles. The molecule has 0 saturated heterocycles. The maximum atomic E-state index is 13.6. The van der Waals surface area contributed by atoms with Crippen molar-refractivity contribution in [2.75, 3.05) is 32.1 Å². The zero-order valence-corrected chi connectivity index (χ0v) is 26.8. The summed E-state index contributed by atoms with van der Waals surface area (Å²) >= 11 is 0. The van der Waals surface area contributed by atoms with Gasteiger partial charge in [0.2, 0.25) is 11.8 Å². The summed E-state index contributed by atoms with van der Waals surface area (Å²) in [6.07, 6.45) is 5.14. The lowest BCUT2D eigenvalue weighted by molar-refractivity contribution is -0.134. The van der Waals surface area contributed by atoms with Crippen LogP contribution in [0.1, 0.15) is 57.1 Å². The van der Waals surface area contributed by atoms with Gasteiger partial charge in [-0.15, -0.1) is 0 Å². The predicted molar refractivity (Wildman–Crippen MR) is 176 cm³/mol. The quantitative estimate of drug-likeness (QED) is 0.280. The summed E-state index contributed by atoms with van der Waals surface area (Å²) in [5, 5.41) is 13.1. The van der Waals surface area contributed by atoms with E-state index >= 15 is 0 Å². The van der Waals surface area contributed by atoms with Crippen molar-refractivity contribution in [1.29, 1.82) is 0 Å². The molecule has 2 aliphatic rings. The van der Waals surface area contributed by atoms with E-state index in [-0.39, 0.29) is 48.8 Å². The molecule has 0 spiro atoms. The number of carbonyl (C=O) groups excluding carboxylic acids is 2. The molecule has 240 valence electrons. The summed E-state index contributed by atoms with van der Waals surface area (Å²) in [5.74, 6) is 2.28. The van der Waals surface area contributed by atoms with Crippen LogP contribution in [0.4, 0.5) is 5.69 Å². The van der Waals surface area contributed by atoms with Crippen molar-refractivity contribution in [3.63, 3.8) is 0 Å². The summed E-state index contributed by atoms with van der Waals surface area (Å²) in [4.78, 5) is 30.5. The van der Waals surface area contributed by atoms with Crippen LogP contribution in [-0.2, 0) is 22.6 Å². The Morgan fingerprint density at radius 3 is 2.47 bits per heavy atom. The van der Waals surface area contributed by atoms with E-state index in [0.29, 0.717) is 31.1 Å². The zero-order chi connectivity index (χ0) is 31.8. The third kappa shape index (κ3) is 8.86. The fourth-order valence-electron chi connectivity index (χ4n) is 6.31. The molecule has 3 aromatic rings. The molecular formula is C37H47N3O5. The van der Waals surface area contributed by atoms with Gasteiger partial charge >= 0.3 is 0 Å². The average Bonchev–Trinajstić information content (AvgIpc) is 3.09. The Morgan fingerprint density at radius 2 is 1.76 bits per heavy atom. The Labute approximate surface area is 267 Å². The van der Waals surface area contributed by atoms with E-state index in [2.05, 4.69) is 36.3 Å². The number of aliphatic hydroxyl groups is 1. The van der Waals surface area contributed by atoms with Gasteiger partial charge in [-0.2, -0.15) is 0 Å². The first-order valence-corrected chi connectivity index (χ1v) is 16.3. The Bertz CT molecular complexity index is 1410. The van der Waals surface area contributed by atoms with E-state index in [1.165, 1.54) is 6.42 Å². The molecule has 0 aromatic heterocycles. The first-order valence-electron chi connectivity index (χ1n) is 16.3. The molecule has 0 bridgehead atoms. The van der Waals surface area contributed by atoms with E-state index in [9.17, 15) is 14.7 Å². The fraction of sp³-hybridized carbons (Fsp3) is 0.459. The molecule has 1 fully saturated rings. The van der Waals surface area contributed by atoms with Gasteiger partial charge in [0.15, 0.2) is 0 Å². The molecule has 1 saturated carbocycles. The van der Waals surface area contributed by atoms with Crippen molar-refractivity contribution in [3.05, 3.63) is 83.9 Å². The zero-order valence-electron chi connectivity index (χ0n) is 26.8. The molecule has 0 radical (unpaired) electrons. The molecule has 2 N–H and O–H groups in total. The Balaban J connectivity index is 1.30. The van der Waals surface area contributed by atoms with Crippen LogP contribution in [0.2, 0.25) is 0 Å². The second-order valence-corrected chi connectivity index (χ2v) is 12.8. The molecule has 8 nitrogen and oxygen atoms in total. The standard InChI is InChI=1S/C37H47N3O5/c1-26-22-40(27(2)25-41)36(42)21-30-20-31(38-37(43)29-10-6-4-7-11-29)16-19-34(30)45-35(26)24-39(3)23-28-14-17-33(18-15-28)44-32-12-8-5-9-13-32/h5,8-9,12-20,26-27,29,35,41H,4,6-7,10-11,21-25H2,1-3H3,(H,38,43)/t26-,27+,35-/m0/s1. The van der Waals surface area contributed by atoms with Crippen LogP contribution >= 0.6 is 0 Å². The smallest absolute Gasteiger partial charge is 0.227 e. The Hall–Kier alpha value is -3.88. The monoisotopic (exact) mass is 613 g/mol. The van der Waals surface area contributed by atoms with Crippen molar-refractivity contribution in [1.82, 2.24) is 9.80 Å². The number of ether oxygens (including phenoxy) is 2. The highest BCUT2D eigenvalue weighted by molar-refractivity contribution is 5.93. The molecule has 1 aliphatic heterocycles. The van der Waals surface area contributed by atoms with Crippen LogP contribution in [0.25, 0.3) is 0 Å². The first-order chi connectivity index (χ1) is 21.8. The number of benzene rings is 3. The molecule has 45 heavy (non-hydrogen) atoms. The number of nitrogens with zero attached hydrogens (tertiary/aromatic N) is 2. The molecule has 1 heterocycles. The number of hydrogen-bond acceptors (Lipinski definition) is 6. The number of rotatable bonds is 10. The van der Waals surface area contributed by atoms with Gasteiger partial charge in [-0.1, -0.05) is 56.5 Å².